The van der Waals surface area contributed by atoms with Crippen LogP contribution in [0.4, 0.5) is 0 Å². The number of nitrogens with zero attached hydrogens (tertiary/aromatic N) is 1. The maximum Gasteiger partial charge on any atom is 0.229 e. The summed E-state index contributed by atoms with van der Waals surface area (Å²) in [6.45, 7) is 6.11. The van der Waals surface area contributed by atoms with E-state index in [1.54, 1.807) is 6.92 Å². The van der Waals surface area contributed by atoms with Gasteiger partial charge in [0.05, 0.1) is 12.1 Å². The van der Waals surface area contributed by atoms with Gasteiger partial charge in [0.15, 0.2) is 0 Å². The summed E-state index contributed by atoms with van der Waals surface area (Å²) in [5.74, 6) is 0.984. The quantitative estimate of drug-likeness (QED) is 0.867. The van der Waals surface area contributed by atoms with Gasteiger partial charge in [-0.2, -0.15) is 11.8 Å². The van der Waals surface area contributed by atoms with Gasteiger partial charge in [0.2, 0.25) is 11.1 Å². The van der Waals surface area contributed by atoms with E-state index in [-0.39, 0.29) is 22.3 Å². The van der Waals surface area contributed by atoms with Crippen molar-refractivity contribution < 1.29 is 14.1 Å². The molecule has 0 radical (unpaired) electrons. The average molecular weight is 333 g/mol. The zero-order chi connectivity index (χ0) is 15.3. The van der Waals surface area contributed by atoms with Gasteiger partial charge in [-0.1, -0.05) is 12.1 Å². The third kappa shape index (κ3) is 4.37. The Bertz CT molecular complexity index is 462. The van der Waals surface area contributed by atoms with E-state index in [0.29, 0.717) is 17.8 Å². The summed E-state index contributed by atoms with van der Waals surface area (Å²) in [5, 5.41) is 6.98. The fourth-order valence-corrected chi connectivity index (χ4v) is 3.94. The van der Waals surface area contributed by atoms with E-state index in [1.807, 2.05) is 11.8 Å². The predicted molar refractivity (Wildman–Crippen MR) is 83.9 cm³/mol. The number of ether oxygens (including phenoxy) is 1. The van der Waals surface area contributed by atoms with Crippen LogP contribution in [0.5, 0.6) is 0 Å². The number of hydrogen-bond acceptors (Lipinski definition) is 5. The maximum absolute atomic E-state index is 12.1. The highest BCUT2D eigenvalue weighted by Crippen LogP contribution is 2.34. The number of carbonyl (C=O) groups excluding carboxylic acids is 1. The Hall–Kier alpha value is -0.720. The van der Waals surface area contributed by atoms with Crippen LogP contribution < -0.4 is 5.32 Å². The molecule has 0 saturated carbocycles. The Labute approximate surface area is 134 Å². The first-order chi connectivity index (χ1) is 10.1. The highest BCUT2D eigenvalue weighted by atomic mass is 35.5. The average Bonchev–Trinajstić information content (AvgIpc) is 2.78. The fourth-order valence-electron chi connectivity index (χ4n) is 2.46. The topological polar surface area (TPSA) is 64.4 Å². The van der Waals surface area contributed by atoms with Crippen molar-refractivity contribution in [1.29, 1.82) is 0 Å². The molecule has 7 heteroatoms. The van der Waals surface area contributed by atoms with E-state index in [0.717, 1.165) is 31.8 Å². The monoisotopic (exact) mass is 332 g/mol. The lowest BCUT2D eigenvalue weighted by atomic mass is 9.99. The molecule has 2 rings (SSSR count). The summed E-state index contributed by atoms with van der Waals surface area (Å²) in [5.41, 5.74) is 1.33. The SMILES string of the molecule is CCSC1(CNC(=O)Cc2c(C)noc2Cl)CCOCC1. The zero-order valence-electron chi connectivity index (χ0n) is 12.4. The van der Waals surface area contributed by atoms with Crippen molar-refractivity contribution >= 4 is 29.3 Å². The van der Waals surface area contributed by atoms with Crippen LogP contribution in [-0.2, 0) is 16.0 Å². The van der Waals surface area contributed by atoms with Crippen LogP contribution in [0.3, 0.4) is 0 Å². The van der Waals surface area contributed by atoms with E-state index < -0.39 is 0 Å². The molecule has 5 nitrogen and oxygen atoms in total. The molecule has 0 atom stereocenters. The van der Waals surface area contributed by atoms with Crippen LogP contribution in [0.1, 0.15) is 31.0 Å². The molecule has 1 aromatic rings. The normalized spacial score (nSPS) is 17.7. The van der Waals surface area contributed by atoms with Crippen molar-refractivity contribution in [2.24, 2.45) is 0 Å². The molecule has 1 aliphatic rings. The second-order valence-electron chi connectivity index (χ2n) is 5.20. The third-order valence-corrected chi connectivity index (χ3v) is 5.49. The van der Waals surface area contributed by atoms with Crippen LogP contribution in [0.15, 0.2) is 4.52 Å². The molecular weight excluding hydrogens is 312 g/mol. The first kappa shape index (κ1) is 16.6. The largest absolute Gasteiger partial charge is 0.381 e. The third-order valence-electron chi connectivity index (χ3n) is 3.74. The van der Waals surface area contributed by atoms with E-state index in [9.17, 15) is 4.79 Å². The molecular formula is C14H21ClN2O3S. The first-order valence-electron chi connectivity index (χ1n) is 7.15. The Balaban J connectivity index is 1.90. The zero-order valence-corrected chi connectivity index (χ0v) is 14.0. The van der Waals surface area contributed by atoms with Gasteiger partial charge in [0, 0.05) is 30.1 Å². The van der Waals surface area contributed by atoms with Crippen molar-refractivity contribution in [1.82, 2.24) is 10.5 Å². The molecule has 21 heavy (non-hydrogen) atoms. The van der Waals surface area contributed by atoms with Gasteiger partial charge in [-0.15, -0.1) is 0 Å². The lowest BCUT2D eigenvalue weighted by molar-refractivity contribution is -0.120. The minimum Gasteiger partial charge on any atom is -0.381 e. The molecule has 1 amide bonds. The molecule has 0 aromatic carbocycles. The number of rotatable bonds is 6. The van der Waals surface area contributed by atoms with Crippen molar-refractivity contribution in [2.75, 3.05) is 25.5 Å². The number of amides is 1. The summed E-state index contributed by atoms with van der Waals surface area (Å²) in [7, 11) is 0. The molecule has 2 heterocycles. The van der Waals surface area contributed by atoms with Gasteiger partial charge in [-0.05, 0) is 37.1 Å². The molecule has 1 aromatic heterocycles. The Morgan fingerprint density at radius 3 is 2.76 bits per heavy atom. The Morgan fingerprint density at radius 2 is 2.19 bits per heavy atom. The number of nitrogens with one attached hydrogen (secondary N) is 1. The van der Waals surface area contributed by atoms with Gasteiger partial charge in [0.1, 0.15) is 0 Å². The van der Waals surface area contributed by atoms with Crippen LogP contribution in [0, 0.1) is 6.92 Å². The van der Waals surface area contributed by atoms with Gasteiger partial charge < -0.3 is 14.6 Å². The lowest BCUT2D eigenvalue weighted by Gasteiger charge is -2.36. The molecule has 0 spiro atoms. The standard InChI is InChI=1S/C14H21ClN2O3S/c1-3-21-14(4-6-19-7-5-14)9-16-12(18)8-11-10(2)17-20-13(11)15/h3-9H2,1-2H3,(H,16,18). The minimum atomic E-state index is -0.0502. The van der Waals surface area contributed by atoms with Gasteiger partial charge in [0.25, 0.3) is 0 Å². The highest BCUT2D eigenvalue weighted by Gasteiger charge is 2.33. The van der Waals surface area contributed by atoms with Gasteiger partial charge >= 0.3 is 0 Å². The summed E-state index contributed by atoms with van der Waals surface area (Å²) in [6.07, 6.45) is 2.15. The Kier molecular flexibility index (Phi) is 5.96. The van der Waals surface area contributed by atoms with Gasteiger partial charge in [-0.25, -0.2) is 0 Å². The molecule has 118 valence electrons. The predicted octanol–water partition coefficient (Wildman–Crippen LogP) is 2.60. The summed E-state index contributed by atoms with van der Waals surface area (Å²) in [4.78, 5) is 12.1. The lowest BCUT2D eigenvalue weighted by Crippen LogP contribution is -2.45. The van der Waals surface area contributed by atoms with Crippen molar-refractivity contribution in [3.05, 3.63) is 16.5 Å². The number of hydrogen-bond donors (Lipinski definition) is 1. The molecule has 1 saturated heterocycles. The second-order valence-corrected chi connectivity index (χ2v) is 7.28. The molecule has 1 aliphatic heterocycles. The van der Waals surface area contributed by atoms with Crippen molar-refractivity contribution in [3.63, 3.8) is 0 Å². The Morgan fingerprint density at radius 1 is 1.48 bits per heavy atom. The molecule has 0 unspecified atom stereocenters. The first-order valence-corrected chi connectivity index (χ1v) is 8.52. The molecule has 1 fully saturated rings. The minimum absolute atomic E-state index is 0.0502. The van der Waals surface area contributed by atoms with E-state index in [1.165, 1.54) is 0 Å². The van der Waals surface area contributed by atoms with E-state index >= 15 is 0 Å². The number of aromatic nitrogens is 1. The summed E-state index contributed by atoms with van der Waals surface area (Å²) < 4.78 is 10.4. The van der Waals surface area contributed by atoms with Crippen LogP contribution in [0.2, 0.25) is 5.22 Å². The van der Waals surface area contributed by atoms with Crippen LogP contribution in [-0.4, -0.2) is 41.3 Å². The number of carbonyl (C=O) groups is 1. The summed E-state index contributed by atoms with van der Waals surface area (Å²) >= 11 is 7.79. The van der Waals surface area contributed by atoms with E-state index in [2.05, 4.69) is 17.4 Å². The van der Waals surface area contributed by atoms with Gasteiger partial charge in [-0.3, -0.25) is 4.79 Å². The number of thioether (sulfide) groups is 1. The van der Waals surface area contributed by atoms with Crippen molar-refractivity contribution in [3.8, 4) is 0 Å². The molecule has 1 N–H and O–H groups in total. The number of halogens is 1. The van der Waals surface area contributed by atoms with Crippen molar-refractivity contribution in [2.45, 2.75) is 37.9 Å². The van der Waals surface area contributed by atoms with Crippen LogP contribution >= 0.6 is 23.4 Å². The smallest absolute Gasteiger partial charge is 0.229 e. The fraction of sp³-hybridized carbons (Fsp3) is 0.714. The summed E-state index contributed by atoms with van der Waals surface area (Å²) in [6, 6.07) is 0. The maximum atomic E-state index is 12.1. The second kappa shape index (κ2) is 7.51. The van der Waals surface area contributed by atoms with E-state index in [4.69, 9.17) is 20.9 Å². The van der Waals surface area contributed by atoms with Crippen LogP contribution in [0.25, 0.3) is 0 Å². The molecule has 0 aliphatic carbocycles. The number of aryl methyl sites for hydroxylation is 1. The highest BCUT2D eigenvalue weighted by molar-refractivity contribution is 8.00. The molecule has 0 bridgehead atoms.